The Morgan fingerprint density at radius 1 is 1.19 bits per heavy atom. The molecule has 0 heterocycles. The van der Waals surface area contributed by atoms with Crippen LogP contribution in [0.5, 0.6) is 0 Å². The van der Waals surface area contributed by atoms with Crippen molar-refractivity contribution in [3.63, 3.8) is 0 Å². The number of benzene rings is 1. The van der Waals surface area contributed by atoms with E-state index in [-0.39, 0.29) is 11.5 Å². The molecule has 0 saturated heterocycles. The molecule has 0 unspecified atom stereocenters. The van der Waals surface area contributed by atoms with Crippen molar-refractivity contribution in [2.75, 3.05) is 12.4 Å². The summed E-state index contributed by atoms with van der Waals surface area (Å²) in [4.78, 5) is 24.1. The van der Waals surface area contributed by atoms with Crippen molar-refractivity contribution in [3.8, 4) is 0 Å². The largest absolute Gasteiger partial charge is 0.465 e. The number of aryl methyl sites for hydroxylation is 1. The number of hydrogen-bond acceptors (Lipinski definition) is 5. The Kier molecular flexibility index (Phi) is 5.28. The van der Waals surface area contributed by atoms with E-state index in [1.807, 2.05) is 0 Å². The molecule has 0 aliphatic rings. The van der Waals surface area contributed by atoms with E-state index in [4.69, 9.17) is 4.74 Å². The predicted octanol–water partition coefficient (Wildman–Crippen LogP) is 1.93. The molecule has 0 bridgehead atoms. The van der Waals surface area contributed by atoms with Gasteiger partial charge in [-0.25, -0.2) is 8.42 Å². The molecule has 0 aromatic heterocycles. The van der Waals surface area contributed by atoms with Crippen molar-refractivity contribution < 1.29 is 22.7 Å². The summed E-state index contributed by atoms with van der Waals surface area (Å²) in [6, 6.07) is 6.43. The molecule has 21 heavy (non-hydrogen) atoms. The van der Waals surface area contributed by atoms with Crippen molar-refractivity contribution in [2.24, 2.45) is 5.41 Å². The molecule has 0 spiro atoms. The fourth-order valence-electron chi connectivity index (χ4n) is 1.76. The summed E-state index contributed by atoms with van der Waals surface area (Å²) in [5, 5.41) is 0. The maximum absolute atomic E-state index is 12.3. The molecule has 5 nitrogen and oxygen atoms in total. The summed E-state index contributed by atoms with van der Waals surface area (Å²) in [6.07, 6.45) is 0. The van der Waals surface area contributed by atoms with Gasteiger partial charge in [-0.3, -0.25) is 9.59 Å². The summed E-state index contributed by atoms with van der Waals surface area (Å²) >= 11 is 0. The van der Waals surface area contributed by atoms with Gasteiger partial charge in [-0.2, -0.15) is 0 Å². The van der Waals surface area contributed by atoms with Crippen LogP contribution in [0.2, 0.25) is 0 Å². The molecule has 1 rings (SSSR count). The zero-order chi connectivity index (χ0) is 16.3. The maximum atomic E-state index is 12.3. The quantitative estimate of drug-likeness (QED) is 0.592. The number of carbonyl (C=O) groups excluding carboxylic acids is 2. The van der Waals surface area contributed by atoms with Gasteiger partial charge in [0.2, 0.25) is 0 Å². The Morgan fingerprint density at radius 3 is 2.29 bits per heavy atom. The molecule has 1 aromatic carbocycles. The molecule has 0 aliphatic heterocycles. The minimum atomic E-state index is -3.78. The van der Waals surface area contributed by atoms with Gasteiger partial charge in [0.15, 0.2) is 15.6 Å². The summed E-state index contributed by atoms with van der Waals surface area (Å²) in [5.74, 6) is -2.11. The van der Waals surface area contributed by atoms with Gasteiger partial charge in [0.05, 0.1) is 11.5 Å². The second-order valence-corrected chi connectivity index (χ2v) is 7.25. The molecule has 0 atom stereocenters. The lowest BCUT2D eigenvalue weighted by atomic mass is 9.89. The van der Waals surface area contributed by atoms with Crippen LogP contribution in [0.4, 0.5) is 0 Å². The SMILES string of the molecule is CCOC(=O)C(C)(C)C(=O)CS(=O)(=O)c1ccccc1C. The van der Waals surface area contributed by atoms with Crippen molar-refractivity contribution in [3.05, 3.63) is 29.8 Å². The molecule has 0 amide bonds. The molecule has 0 fully saturated rings. The molecule has 6 heteroatoms. The standard InChI is InChI=1S/C15H20O5S/c1-5-20-14(17)15(3,4)13(16)10-21(18,19)12-9-7-6-8-11(12)2/h6-9H,5,10H2,1-4H3. The third-order valence-electron chi connectivity index (χ3n) is 3.23. The second-order valence-electron chi connectivity index (χ2n) is 5.29. The summed E-state index contributed by atoms with van der Waals surface area (Å²) in [7, 11) is -3.78. The number of ether oxygens (including phenoxy) is 1. The zero-order valence-electron chi connectivity index (χ0n) is 12.7. The number of rotatable bonds is 6. The monoisotopic (exact) mass is 312 g/mol. The second kappa shape index (κ2) is 6.39. The number of hydrogen-bond donors (Lipinski definition) is 0. The van der Waals surface area contributed by atoms with Crippen LogP contribution in [0, 0.1) is 12.3 Å². The highest BCUT2D eigenvalue weighted by Crippen LogP contribution is 2.23. The van der Waals surface area contributed by atoms with Crippen molar-refractivity contribution in [1.29, 1.82) is 0 Å². The van der Waals surface area contributed by atoms with E-state index in [2.05, 4.69) is 0 Å². The Hall–Kier alpha value is -1.69. The third-order valence-corrected chi connectivity index (χ3v) is 5.00. The highest BCUT2D eigenvalue weighted by atomic mass is 32.2. The fourth-order valence-corrected chi connectivity index (χ4v) is 3.47. The molecule has 0 saturated carbocycles. The van der Waals surface area contributed by atoms with Gasteiger partial charge in [0, 0.05) is 0 Å². The van der Waals surface area contributed by atoms with Crippen molar-refractivity contribution in [1.82, 2.24) is 0 Å². The fraction of sp³-hybridized carbons (Fsp3) is 0.467. The first-order chi connectivity index (χ1) is 9.63. The van der Waals surface area contributed by atoms with Gasteiger partial charge in [-0.15, -0.1) is 0 Å². The minimum Gasteiger partial charge on any atom is -0.465 e. The van der Waals surface area contributed by atoms with E-state index < -0.39 is 32.8 Å². The van der Waals surface area contributed by atoms with Crippen LogP contribution in [0.3, 0.4) is 0 Å². The summed E-state index contributed by atoms with van der Waals surface area (Å²) in [5.41, 5.74) is -0.912. The molecule has 0 radical (unpaired) electrons. The van der Waals surface area contributed by atoms with Crippen LogP contribution in [0.1, 0.15) is 26.3 Å². The van der Waals surface area contributed by atoms with Crippen LogP contribution in [-0.2, 0) is 24.2 Å². The number of esters is 1. The predicted molar refractivity (Wildman–Crippen MR) is 78.7 cm³/mol. The normalized spacial score (nSPS) is 12.0. The first kappa shape index (κ1) is 17.4. The number of ketones is 1. The van der Waals surface area contributed by atoms with E-state index in [1.165, 1.54) is 19.9 Å². The van der Waals surface area contributed by atoms with Gasteiger partial charge in [-0.05, 0) is 39.3 Å². The summed E-state index contributed by atoms with van der Waals surface area (Å²) < 4.78 is 29.5. The Balaban J connectivity index is 3.02. The Morgan fingerprint density at radius 2 is 1.76 bits per heavy atom. The lowest BCUT2D eigenvalue weighted by Crippen LogP contribution is -2.39. The molecular weight excluding hydrogens is 292 g/mol. The van der Waals surface area contributed by atoms with Crippen LogP contribution in [-0.4, -0.2) is 32.5 Å². The van der Waals surface area contributed by atoms with Crippen LogP contribution in [0.25, 0.3) is 0 Å². The lowest BCUT2D eigenvalue weighted by molar-refractivity contribution is -0.157. The van der Waals surface area contributed by atoms with Gasteiger partial charge in [-0.1, -0.05) is 18.2 Å². The molecule has 0 aliphatic carbocycles. The number of carbonyl (C=O) groups is 2. The highest BCUT2D eigenvalue weighted by molar-refractivity contribution is 7.92. The van der Waals surface area contributed by atoms with Gasteiger partial charge < -0.3 is 4.74 Å². The summed E-state index contributed by atoms with van der Waals surface area (Å²) in [6.45, 7) is 6.18. The zero-order valence-corrected chi connectivity index (χ0v) is 13.5. The van der Waals surface area contributed by atoms with Gasteiger partial charge in [0.1, 0.15) is 11.2 Å². The Labute approximate surface area is 125 Å². The van der Waals surface area contributed by atoms with Crippen LogP contribution >= 0.6 is 0 Å². The van der Waals surface area contributed by atoms with E-state index >= 15 is 0 Å². The van der Waals surface area contributed by atoms with E-state index in [9.17, 15) is 18.0 Å². The minimum absolute atomic E-state index is 0.109. The average Bonchev–Trinajstić information content (AvgIpc) is 2.38. The third kappa shape index (κ3) is 3.91. The maximum Gasteiger partial charge on any atom is 0.319 e. The average molecular weight is 312 g/mol. The topological polar surface area (TPSA) is 77.5 Å². The van der Waals surface area contributed by atoms with E-state index in [1.54, 1.807) is 32.0 Å². The Bertz CT molecular complexity index is 644. The van der Waals surface area contributed by atoms with Gasteiger partial charge >= 0.3 is 5.97 Å². The van der Waals surface area contributed by atoms with Crippen LogP contribution in [0.15, 0.2) is 29.2 Å². The lowest BCUT2D eigenvalue weighted by Gasteiger charge is -2.20. The smallest absolute Gasteiger partial charge is 0.319 e. The molecule has 1 aromatic rings. The van der Waals surface area contributed by atoms with Gasteiger partial charge in [0.25, 0.3) is 0 Å². The highest BCUT2D eigenvalue weighted by Gasteiger charge is 2.39. The number of Topliss-reactive ketones (excluding diaryl/α,β-unsaturated/α-hetero) is 1. The molecule has 0 N–H and O–H groups in total. The van der Waals surface area contributed by atoms with Crippen LogP contribution < -0.4 is 0 Å². The van der Waals surface area contributed by atoms with E-state index in [0.29, 0.717) is 5.56 Å². The number of sulfone groups is 1. The molecule has 116 valence electrons. The van der Waals surface area contributed by atoms with Crippen molar-refractivity contribution >= 4 is 21.6 Å². The van der Waals surface area contributed by atoms with E-state index in [0.717, 1.165) is 0 Å². The first-order valence-electron chi connectivity index (χ1n) is 6.62. The van der Waals surface area contributed by atoms with Crippen molar-refractivity contribution in [2.45, 2.75) is 32.6 Å². The first-order valence-corrected chi connectivity index (χ1v) is 8.27. The molecular formula is C15H20O5S.